The molecule has 4 nitrogen and oxygen atoms in total. The van der Waals surface area contributed by atoms with Gasteiger partial charge in [0.25, 0.3) is 0 Å². The highest BCUT2D eigenvalue weighted by Crippen LogP contribution is 2.21. The van der Waals surface area contributed by atoms with Crippen molar-refractivity contribution in [3.63, 3.8) is 0 Å². The predicted octanol–water partition coefficient (Wildman–Crippen LogP) is 4.86. The van der Waals surface area contributed by atoms with Crippen LogP contribution < -0.4 is 5.32 Å². The molecule has 0 unspecified atom stereocenters. The fourth-order valence-electron chi connectivity index (χ4n) is 2.59. The van der Waals surface area contributed by atoms with Crippen molar-refractivity contribution < 1.29 is 14.7 Å². The maximum atomic E-state index is 12.4. The van der Waals surface area contributed by atoms with Crippen molar-refractivity contribution in [1.82, 2.24) is 0 Å². The molecule has 0 heterocycles. The lowest BCUT2D eigenvalue weighted by Crippen LogP contribution is -2.14. The fourth-order valence-corrected chi connectivity index (χ4v) is 2.59. The van der Waals surface area contributed by atoms with Crippen molar-refractivity contribution in [3.05, 3.63) is 82.9 Å². The standard InChI is InChI=1S/C23H25NO3/c1-17(2)8-12-20-13-9-19(11-15-23(26)27)16-21(20)24-22(25)14-10-18-6-4-3-5-7-18/h3-9,11,13,15-16H,10,12,14H2,1-2H3,(H,24,25)(H,26,27). The van der Waals surface area contributed by atoms with Gasteiger partial charge in [-0.1, -0.05) is 54.1 Å². The number of allylic oxidation sites excluding steroid dienone is 2. The number of rotatable bonds is 8. The molecule has 0 saturated carbocycles. The topological polar surface area (TPSA) is 66.4 Å². The highest BCUT2D eigenvalue weighted by atomic mass is 16.4. The number of nitrogens with one attached hydrogen (secondary N) is 1. The molecule has 1 amide bonds. The fraction of sp³-hybridized carbons (Fsp3) is 0.217. The van der Waals surface area contributed by atoms with E-state index in [0.717, 1.165) is 28.5 Å². The zero-order chi connectivity index (χ0) is 19.6. The first-order valence-corrected chi connectivity index (χ1v) is 8.95. The lowest BCUT2D eigenvalue weighted by atomic mass is 10.0. The number of carboxylic acids is 1. The summed E-state index contributed by atoms with van der Waals surface area (Å²) in [6.07, 6.45) is 6.48. The Bertz CT molecular complexity index is 847. The van der Waals surface area contributed by atoms with Crippen molar-refractivity contribution in [2.24, 2.45) is 0 Å². The van der Waals surface area contributed by atoms with E-state index in [0.29, 0.717) is 19.3 Å². The summed E-state index contributed by atoms with van der Waals surface area (Å²) in [6.45, 7) is 4.06. The molecule has 0 atom stereocenters. The molecule has 0 fully saturated rings. The summed E-state index contributed by atoms with van der Waals surface area (Å²) in [5, 5.41) is 11.8. The Labute approximate surface area is 160 Å². The van der Waals surface area contributed by atoms with Crippen molar-refractivity contribution >= 4 is 23.6 Å². The first-order valence-electron chi connectivity index (χ1n) is 8.95. The van der Waals surface area contributed by atoms with Gasteiger partial charge in [-0.2, -0.15) is 0 Å². The lowest BCUT2D eigenvalue weighted by Gasteiger charge is -2.12. The Morgan fingerprint density at radius 3 is 2.48 bits per heavy atom. The number of hydrogen-bond acceptors (Lipinski definition) is 2. The van der Waals surface area contributed by atoms with Crippen LogP contribution in [0.15, 0.2) is 66.3 Å². The highest BCUT2D eigenvalue weighted by Gasteiger charge is 2.08. The number of carbonyl (C=O) groups is 2. The highest BCUT2D eigenvalue weighted by molar-refractivity contribution is 5.92. The average Bonchev–Trinajstić information content (AvgIpc) is 2.64. The molecule has 2 aromatic rings. The smallest absolute Gasteiger partial charge is 0.328 e. The first-order chi connectivity index (χ1) is 12.9. The second kappa shape index (κ2) is 10.1. The normalized spacial score (nSPS) is 10.6. The van der Waals surface area contributed by atoms with Crippen LogP contribution in [0.2, 0.25) is 0 Å². The molecule has 4 heteroatoms. The van der Waals surface area contributed by atoms with Crippen LogP contribution in [-0.4, -0.2) is 17.0 Å². The van der Waals surface area contributed by atoms with E-state index >= 15 is 0 Å². The number of carbonyl (C=O) groups excluding carboxylic acids is 1. The minimum Gasteiger partial charge on any atom is -0.478 e. The third-order valence-electron chi connectivity index (χ3n) is 4.04. The Morgan fingerprint density at radius 2 is 1.81 bits per heavy atom. The van der Waals surface area contributed by atoms with Crippen LogP contribution in [-0.2, 0) is 22.4 Å². The SMILES string of the molecule is CC(C)=CCc1ccc(C=CC(=O)O)cc1NC(=O)CCc1ccccc1. The molecule has 2 aromatic carbocycles. The zero-order valence-corrected chi connectivity index (χ0v) is 15.7. The summed E-state index contributed by atoms with van der Waals surface area (Å²) in [5.41, 5.74) is 4.77. The van der Waals surface area contributed by atoms with E-state index in [4.69, 9.17) is 5.11 Å². The van der Waals surface area contributed by atoms with Gasteiger partial charge in [-0.25, -0.2) is 4.79 Å². The second-order valence-electron chi connectivity index (χ2n) is 6.61. The van der Waals surface area contributed by atoms with Crippen LogP contribution in [0.4, 0.5) is 5.69 Å². The van der Waals surface area contributed by atoms with E-state index in [1.165, 1.54) is 11.6 Å². The number of anilines is 1. The summed E-state index contributed by atoms with van der Waals surface area (Å²) >= 11 is 0. The van der Waals surface area contributed by atoms with Gasteiger partial charge in [-0.15, -0.1) is 0 Å². The molecule has 2 N–H and O–H groups in total. The van der Waals surface area contributed by atoms with Crippen LogP contribution in [0.5, 0.6) is 0 Å². The van der Waals surface area contributed by atoms with E-state index in [1.807, 2.05) is 62.4 Å². The maximum absolute atomic E-state index is 12.4. The van der Waals surface area contributed by atoms with Gasteiger partial charge in [-0.3, -0.25) is 4.79 Å². The van der Waals surface area contributed by atoms with Gasteiger partial charge in [0.1, 0.15) is 0 Å². The average molecular weight is 363 g/mol. The maximum Gasteiger partial charge on any atom is 0.328 e. The molecular weight excluding hydrogens is 338 g/mol. The van der Waals surface area contributed by atoms with E-state index in [1.54, 1.807) is 0 Å². The van der Waals surface area contributed by atoms with Gasteiger partial charge >= 0.3 is 5.97 Å². The summed E-state index contributed by atoms with van der Waals surface area (Å²) in [7, 11) is 0. The molecule has 27 heavy (non-hydrogen) atoms. The molecule has 0 saturated heterocycles. The number of benzene rings is 2. The van der Waals surface area contributed by atoms with Gasteiger partial charge in [0.15, 0.2) is 0 Å². The number of aryl methyl sites for hydroxylation is 1. The Hall–Kier alpha value is -3.14. The van der Waals surface area contributed by atoms with E-state index in [9.17, 15) is 9.59 Å². The zero-order valence-electron chi connectivity index (χ0n) is 15.7. The minimum absolute atomic E-state index is 0.0586. The molecule has 0 aliphatic carbocycles. The van der Waals surface area contributed by atoms with E-state index < -0.39 is 5.97 Å². The number of aliphatic carboxylic acids is 1. The third kappa shape index (κ3) is 7.32. The molecule has 0 bridgehead atoms. The molecular formula is C23H25NO3. The lowest BCUT2D eigenvalue weighted by molar-refractivity contribution is -0.131. The number of amides is 1. The Kier molecular flexibility index (Phi) is 7.56. The van der Waals surface area contributed by atoms with Crippen LogP contribution in [0.1, 0.15) is 37.0 Å². The quantitative estimate of drug-likeness (QED) is 0.520. The van der Waals surface area contributed by atoms with Crippen LogP contribution in [0.3, 0.4) is 0 Å². The summed E-state index contributed by atoms with van der Waals surface area (Å²) in [5.74, 6) is -1.06. The molecule has 0 aliphatic heterocycles. The second-order valence-corrected chi connectivity index (χ2v) is 6.61. The van der Waals surface area contributed by atoms with Crippen molar-refractivity contribution in [3.8, 4) is 0 Å². The number of hydrogen-bond donors (Lipinski definition) is 2. The third-order valence-corrected chi connectivity index (χ3v) is 4.04. The Morgan fingerprint density at radius 1 is 1.07 bits per heavy atom. The van der Waals surface area contributed by atoms with E-state index in [2.05, 4.69) is 11.4 Å². The van der Waals surface area contributed by atoms with Crippen molar-refractivity contribution in [2.75, 3.05) is 5.32 Å². The van der Waals surface area contributed by atoms with Crippen LogP contribution >= 0.6 is 0 Å². The molecule has 0 spiro atoms. The first kappa shape index (κ1) is 20.2. The largest absolute Gasteiger partial charge is 0.478 e. The van der Waals surface area contributed by atoms with Gasteiger partial charge in [0.2, 0.25) is 5.91 Å². The predicted molar refractivity (Wildman–Crippen MR) is 110 cm³/mol. The van der Waals surface area contributed by atoms with Crippen molar-refractivity contribution in [2.45, 2.75) is 33.1 Å². The van der Waals surface area contributed by atoms with E-state index in [-0.39, 0.29) is 5.91 Å². The van der Waals surface area contributed by atoms with Gasteiger partial charge in [0.05, 0.1) is 0 Å². The van der Waals surface area contributed by atoms with Gasteiger partial charge < -0.3 is 10.4 Å². The summed E-state index contributed by atoms with van der Waals surface area (Å²) < 4.78 is 0. The summed E-state index contributed by atoms with van der Waals surface area (Å²) in [4.78, 5) is 23.2. The van der Waals surface area contributed by atoms with Crippen LogP contribution in [0, 0.1) is 0 Å². The van der Waals surface area contributed by atoms with Gasteiger partial charge in [0, 0.05) is 18.2 Å². The summed E-state index contributed by atoms with van der Waals surface area (Å²) in [6, 6.07) is 15.5. The van der Waals surface area contributed by atoms with Gasteiger partial charge in [-0.05, 0) is 55.5 Å². The molecule has 0 aliphatic rings. The number of carboxylic acid groups (broad SMARTS) is 1. The Balaban J connectivity index is 2.14. The van der Waals surface area contributed by atoms with Crippen LogP contribution in [0.25, 0.3) is 6.08 Å². The molecule has 0 aromatic heterocycles. The molecule has 140 valence electrons. The molecule has 0 radical (unpaired) electrons. The monoisotopic (exact) mass is 363 g/mol. The minimum atomic E-state index is -1.00. The molecule has 2 rings (SSSR count). The van der Waals surface area contributed by atoms with Crippen molar-refractivity contribution in [1.29, 1.82) is 0 Å².